The summed E-state index contributed by atoms with van der Waals surface area (Å²) in [5.74, 6) is -0.317. The normalized spacial score (nSPS) is 19.8. The van der Waals surface area contributed by atoms with Gasteiger partial charge >= 0.3 is 0 Å². The van der Waals surface area contributed by atoms with Crippen molar-refractivity contribution in [1.29, 1.82) is 0 Å². The van der Waals surface area contributed by atoms with Crippen molar-refractivity contribution in [1.82, 2.24) is 5.32 Å². The summed E-state index contributed by atoms with van der Waals surface area (Å²) in [5.41, 5.74) is 5.72. The summed E-state index contributed by atoms with van der Waals surface area (Å²) >= 11 is 0. The van der Waals surface area contributed by atoms with Gasteiger partial charge in [0.25, 0.3) is 5.91 Å². The Hall–Kier alpha value is -1.23. The predicted molar refractivity (Wildman–Crippen MR) is 48.0 cm³/mol. The van der Waals surface area contributed by atoms with Crippen molar-refractivity contribution in [2.45, 2.75) is 26.3 Å². The topological polar surface area (TPSA) is 84.5 Å². The predicted octanol–water partition coefficient (Wildman–Crippen LogP) is -0.585. The number of nitrogens with zero attached hydrogens (tertiary/aromatic N) is 1. The highest BCUT2D eigenvalue weighted by atomic mass is 16.2. The van der Waals surface area contributed by atoms with E-state index in [1.807, 2.05) is 13.8 Å². The fraction of sp³-hybridized carbons (Fsp3) is 0.625. The third kappa shape index (κ3) is 2.35. The van der Waals surface area contributed by atoms with E-state index >= 15 is 0 Å². The van der Waals surface area contributed by atoms with Crippen molar-refractivity contribution in [3.8, 4) is 0 Å². The lowest BCUT2D eigenvalue weighted by Crippen LogP contribution is -2.49. The van der Waals surface area contributed by atoms with Crippen LogP contribution in [0.3, 0.4) is 0 Å². The minimum atomic E-state index is -0.421. The molecule has 5 heteroatoms. The van der Waals surface area contributed by atoms with E-state index in [4.69, 9.17) is 5.73 Å². The maximum absolute atomic E-state index is 10.9. The van der Waals surface area contributed by atoms with E-state index in [0.29, 0.717) is 0 Å². The van der Waals surface area contributed by atoms with Crippen molar-refractivity contribution < 1.29 is 9.59 Å². The van der Waals surface area contributed by atoms with E-state index in [9.17, 15) is 9.59 Å². The van der Waals surface area contributed by atoms with Crippen LogP contribution in [0, 0.1) is 5.92 Å². The summed E-state index contributed by atoms with van der Waals surface area (Å²) in [6, 6.07) is -0.381. The summed E-state index contributed by atoms with van der Waals surface area (Å²) in [7, 11) is 0. The SMILES string of the molecule is CC(C)C(N)C1=NC(=O)CC(=O)N1. The number of amides is 2. The maximum Gasteiger partial charge on any atom is 0.256 e. The monoisotopic (exact) mass is 183 g/mol. The van der Waals surface area contributed by atoms with Crippen LogP contribution >= 0.6 is 0 Å². The fourth-order valence-electron chi connectivity index (χ4n) is 1.000. The average Bonchev–Trinajstić information content (AvgIpc) is 2.01. The molecule has 2 amide bonds. The molecule has 3 N–H and O–H groups in total. The molecule has 0 saturated heterocycles. The fourth-order valence-corrected chi connectivity index (χ4v) is 1.000. The lowest BCUT2D eigenvalue weighted by molar-refractivity contribution is -0.127. The first-order valence-electron chi connectivity index (χ1n) is 4.17. The maximum atomic E-state index is 10.9. The Morgan fingerprint density at radius 3 is 2.54 bits per heavy atom. The van der Waals surface area contributed by atoms with Crippen molar-refractivity contribution in [3.05, 3.63) is 0 Å². The molecular formula is C8H13N3O2. The molecule has 5 nitrogen and oxygen atoms in total. The van der Waals surface area contributed by atoms with Gasteiger partial charge in [-0.1, -0.05) is 13.8 Å². The molecule has 1 aliphatic rings. The standard InChI is InChI=1S/C8H13N3O2/c1-4(2)7(9)8-10-5(12)3-6(13)11-8/h4,7H,3,9H2,1-2H3,(H,10,11,12,13). The van der Waals surface area contributed by atoms with Crippen LogP contribution in [0.15, 0.2) is 4.99 Å². The average molecular weight is 183 g/mol. The lowest BCUT2D eigenvalue weighted by atomic mass is 10.0. The number of rotatable bonds is 2. The van der Waals surface area contributed by atoms with Crippen LogP contribution in [-0.2, 0) is 9.59 Å². The zero-order valence-corrected chi connectivity index (χ0v) is 7.70. The zero-order chi connectivity index (χ0) is 10.0. The highest BCUT2D eigenvalue weighted by Gasteiger charge is 2.24. The van der Waals surface area contributed by atoms with Crippen molar-refractivity contribution >= 4 is 17.6 Å². The molecule has 0 aromatic carbocycles. The largest absolute Gasteiger partial charge is 0.321 e. The van der Waals surface area contributed by atoms with E-state index in [-0.39, 0.29) is 30.1 Å². The molecule has 0 saturated carbocycles. The van der Waals surface area contributed by atoms with E-state index in [1.54, 1.807) is 0 Å². The van der Waals surface area contributed by atoms with Gasteiger partial charge in [-0.05, 0) is 5.92 Å². The Balaban J connectivity index is 2.79. The highest BCUT2D eigenvalue weighted by Crippen LogP contribution is 2.03. The van der Waals surface area contributed by atoms with Gasteiger partial charge in [0.15, 0.2) is 0 Å². The minimum absolute atomic E-state index is 0.143. The molecular weight excluding hydrogens is 170 g/mol. The van der Waals surface area contributed by atoms with Crippen LogP contribution in [0.5, 0.6) is 0 Å². The molecule has 0 radical (unpaired) electrons. The number of carbonyl (C=O) groups excluding carboxylic acids is 2. The highest BCUT2D eigenvalue weighted by molar-refractivity contribution is 6.15. The van der Waals surface area contributed by atoms with Gasteiger partial charge in [0.2, 0.25) is 5.91 Å². The first-order chi connectivity index (χ1) is 6.00. The van der Waals surface area contributed by atoms with Gasteiger partial charge in [-0.25, -0.2) is 0 Å². The molecule has 72 valence electrons. The molecule has 0 fully saturated rings. The van der Waals surface area contributed by atoms with Crippen LogP contribution in [0.2, 0.25) is 0 Å². The summed E-state index contributed by atoms with van der Waals surface area (Å²) in [6.07, 6.45) is -0.172. The molecule has 0 aromatic rings. The molecule has 0 bridgehead atoms. The molecule has 1 atom stereocenters. The number of amidine groups is 1. The summed E-state index contributed by atoms with van der Waals surface area (Å²) < 4.78 is 0. The van der Waals surface area contributed by atoms with Gasteiger partial charge in [-0.2, -0.15) is 4.99 Å². The second kappa shape index (κ2) is 3.66. The first kappa shape index (κ1) is 9.85. The number of aliphatic imine (C=N–C) groups is 1. The Bertz CT molecular complexity index is 271. The Kier molecular flexibility index (Phi) is 2.77. The summed E-state index contributed by atoms with van der Waals surface area (Å²) in [6.45, 7) is 3.80. The van der Waals surface area contributed by atoms with Crippen LogP contribution < -0.4 is 11.1 Å². The third-order valence-electron chi connectivity index (χ3n) is 1.86. The van der Waals surface area contributed by atoms with Gasteiger partial charge in [0.1, 0.15) is 12.3 Å². The third-order valence-corrected chi connectivity index (χ3v) is 1.86. The van der Waals surface area contributed by atoms with Crippen molar-refractivity contribution in [2.24, 2.45) is 16.6 Å². The van der Waals surface area contributed by atoms with Crippen LogP contribution in [0.25, 0.3) is 0 Å². The zero-order valence-electron chi connectivity index (χ0n) is 7.70. The molecule has 1 unspecified atom stereocenters. The van der Waals surface area contributed by atoms with Crippen molar-refractivity contribution in [3.63, 3.8) is 0 Å². The van der Waals surface area contributed by atoms with Gasteiger partial charge in [-0.3, -0.25) is 9.59 Å². The van der Waals surface area contributed by atoms with E-state index in [1.165, 1.54) is 0 Å². The summed E-state index contributed by atoms with van der Waals surface area (Å²) in [4.78, 5) is 25.5. The van der Waals surface area contributed by atoms with Crippen molar-refractivity contribution in [2.75, 3.05) is 0 Å². The lowest BCUT2D eigenvalue weighted by Gasteiger charge is -2.20. The van der Waals surface area contributed by atoms with Crippen LogP contribution in [-0.4, -0.2) is 23.7 Å². The summed E-state index contributed by atoms with van der Waals surface area (Å²) in [5, 5.41) is 2.49. The van der Waals surface area contributed by atoms with E-state index in [2.05, 4.69) is 10.3 Å². The van der Waals surface area contributed by atoms with Crippen LogP contribution in [0.1, 0.15) is 20.3 Å². The Labute approximate surface area is 76.4 Å². The number of carbonyl (C=O) groups is 2. The quantitative estimate of drug-likeness (QED) is 0.561. The Morgan fingerprint density at radius 1 is 1.46 bits per heavy atom. The van der Waals surface area contributed by atoms with Gasteiger partial charge in [0, 0.05) is 0 Å². The molecule has 1 heterocycles. The van der Waals surface area contributed by atoms with Gasteiger partial charge < -0.3 is 11.1 Å². The van der Waals surface area contributed by atoms with Crippen LogP contribution in [0.4, 0.5) is 0 Å². The van der Waals surface area contributed by atoms with Gasteiger partial charge in [-0.15, -0.1) is 0 Å². The molecule has 0 spiro atoms. The molecule has 0 aromatic heterocycles. The molecule has 13 heavy (non-hydrogen) atoms. The number of nitrogens with one attached hydrogen (secondary N) is 1. The molecule has 1 rings (SSSR count). The molecule has 1 aliphatic heterocycles. The van der Waals surface area contributed by atoms with E-state index in [0.717, 1.165) is 0 Å². The minimum Gasteiger partial charge on any atom is -0.321 e. The number of nitrogens with two attached hydrogens (primary N) is 1. The number of hydrogen-bond acceptors (Lipinski definition) is 3. The number of hydrogen-bond donors (Lipinski definition) is 2. The Morgan fingerprint density at radius 2 is 2.08 bits per heavy atom. The second-order valence-electron chi connectivity index (χ2n) is 3.39. The van der Waals surface area contributed by atoms with E-state index < -0.39 is 5.91 Å². The first-order valence-corrected chi connectivity index (χ1v) is 4.17. The van der Waals surface area contributed by atoms with Gasteiger partial charge in [0.05, 0.1) is 6.04 Å². The smallest absolute Gasteiger partial charge is 0.256 e. The molecule has 0 aliphatic carbocycles. The second-order valence-corrected chi connectivity index (χ2v) is 3.39.